The molecule has 0 unspecified atom stereocenters. The van der Waals surface area contributed by atoms with Gasteiger partial charge in [0.2, 0.25) is 0 Å². The Kier molecular flexibility index (Phi) is 5.57. The van der Waals surface area contributed by atoms with Crippen molar-refractivity contribution in [2.24, 2.45) is 0 Å². The number of non-ortho nitro benzene ring substituents is 1. The first-order valence-electron chi connectivity index (χ1n) is 8.12. The summed E-state index contributed by atoms with van der Waals surface area (Å²) >= 11 is 6.25. The number of imide groups is 1. The van der Waals surface area contributed by atoms with Gasteiger partial charge in [-0.2, -0.15) is 0 Å². The number of carbonyl (C=O) groups is 2. The van der Waals surface area contributed by atoms with Gasteiger partial charge in [0.1, 0.15) is 0 Å². The van der Waals surface area contributed by atoms with Crippen molar-refractivity contribution < 1.29 is 14.5 Å². The molecule has 0 N–H and O–H groups in total. The van der Waals surface area contributed by atoms with Crippen molar-refractivity contribution >= 4 is 57.6 Å². The fourth-order valence-electron chi connectivity index (χ4n) is 2.52. The van der Waals surface area contributed by atoms with Crippen LogP contribution in [0.2, 0.25) is 0 Å². The van der Waals surface area contributed by atoms with Crippen LogP contribution in [0.5, 0.6) is 0 Å². The number of carbonyl (C=O) groups excluding carboxylic acids is 2. The highest BCUT2D eigenvalue weighted by Gasteiger charge is 2.37. The zero-order valence-corrected chi connectivity index (χ0v) is 16.6. The molecule has 1 heterocycles. The number of nitro groups is 1. The summed E-state index contributed by atoms with van der Waals surface area (Å²) in [7, 11) is 3.87. The van der Waals surface area contributed by atoms with Gasteiger partial charge in [-0.1, -0.05) is 36.1 Å². The zero-order valence-electron chi connectivity index (χ0n) is 15.0. The average Bonchev–Trinajstić information content (AvgIpc) is 2.95. The molecule has 0 spiro atoms. The number of rotatable bonds is 4. The van der Waals surface area contributed by atoms with E-state index in [-0.39, 0.29) is 15.6 Å². The molecular formula is C19H15N3O4S2. The van der Waals surface area contributed by atoms with E-state index in [1.54, 1.807) is 6.08 Å². The topological polar surface area (TPSA) is 83.8 Å². The molecule has 1 fully saturated rings. The molecule has 142 valence electrons. The fraction of sp³-hybridized carbons (Fsp3) is 0.105. The summed E-state index contributed by atoms with van der Waals surface area (Å²) in [6, 6.07) is 12.6. The Morgan fingerprint density at radius 2 is 1.75 bits per heavy atom. The van der Waals surface area contributed by atoms with Crippen molar-refractivity contribution in [2.75, 3.05) is 19.0 Å². The minimum Gasteiger partial charge on any atom is -0.378 e. The highest BCUT2D eigenvalue weighted by atomic mass is 32.2. The molecule has 0 saturated carbocycles. The third-order valence-electron chi connectivity index (χ3n) is 4.03. The van der Waals surface area contributed by atoms with E-state index in [4.69, 9.17) is 12.2 Å². The second-order valence-corrected chi connectivity index (χ2v) is 7.79. The molecule has 28 heavy (non-hydrogen) atoms. The lowest BCUT2D eigenvalue weighted by Crippen LogP contribution is -2.34. The molecule has 7 nitrogen and oxygen atoms in total. The second kappa shape index (κ2) is 7.91. The predicted molar refractivity (Wildman–Crippen MR) is 113 cm³/mol. The maximum atomic E-state index is 12.7. The molecule has 1 saturated heterocycles. The molecule has 0 aliphatic carbocycles. The SMILES string of the molecule is CN(C)c1ccc(C=C2SC(=S)N(C(=O)c3ccc([N+](=O)[O-])cc3)C2=O)cc1. The first-order valence-corrected chi connectivity index (χ1v) is 9.34. The average molecular weight is 413 g/mol. The van der Waals surface area contributed by atoms with Crippen LogP contribution < -0.4 is 4.90 Å². The van der Waals surface area contributed by atoms with Crippen LogP contribution in [0, 0.1) is 10.1 Å². The van der Waals surface area contributed by atoms with Gasteiger partial charge in [0.15, 0.2) is 4.32 Å². The van der Waals surface area contributed by atoms with Gasteiger partial charge >= 0.3 is 0 Å². The van der Waals surface area contributed by atoms with Crippen molar-refractivity contribution in [1.29, 1.82) is 0 Å². The molecule has 1 aliphatic rings. The summed E-state index contributed by atoms with van der Waals surface area (Å²) < 4.78 is 0.129. The molecule has 2 aromatic carbocycles. The lowest BCUT2D eigenvalue weighted by Gasteiger charge is -2.12. The van der Waals surface area contributed by atoms with Gasteiger partial charge in [-0.05, 0) is 35.9 Å². The fourth-order valence-corrected chi connectivity index (χ4v) is 3.77. The van der Waals surface area contributed by atoms with Crippen molar-refractivity contribution in [2.45, 2.75) is 0 Å². The molecule has 0 aromatic heterocycles. The summed E-state index contributed by atoms with van der Waals surface area (Å²) in [5.74, 6) is -1.11. The van der Waals surface area contributed by atoms with Gasteiger partial charge < -0.3 is 4.90 Å². The summed E-state index contributed by atoms with van der Waals surface area (Å²) in [6.07, 6.45) is 1.68. The lowest BCUT2D eigenvalue weighted by atomic mass is 10.1. The molecule has 1 aliphatic heterocycles. The first-order chi connectivity index (χ1) is 13.3. The third kappa shape index (κ3) is 3.95. The van der Waals surface area contributed by atoms with Gasteiger partial charge in [0.05, 0.1) is 9.83 Å². The van der Waals surface area contributed by atoms with Crippen LogP contribution in [0.4, 0.5) is 11.4 Å². The van der Waals surface area contributed by atoms with Crippen molar-refractivity contribution in [3.63, 3.8) is 0 Å². The number of thioether (sulfide) groups is 1. The zero-order chi connectivity index (χ0) is 20.4. The van der Waals surface area contributed by atoms with Crippen molar-refractivity contribution in [3.8, 4) is 0 Å². The highest BCUT2D eigenvalue weighted by molar-refractivity contribution is 8.26. The van der Waals surface area contributed by atoms with Gasteiger partial charge in [-0.3, -0.25) is 19.7 Å². The van der Waals surface area contributed by atoms with E-state index in [1.807, 2.05) is 43.3 Å². The smallest absolute Gasteiger partial charge is 0.273 e. The van der Waals surface area contributed by atoms with Crippen molar-refractivity contribution in [3.05, 3.63) is 74.7 Å². The van der Waals surface area contributed by atoms with Crippen LogP contribution in [0.1, 0.15) is 15.9 Å². The predicted octanol–water partition coefficient (Wildman–Crippen LogP) is 3.70. The maximum absolute atomic E-state index is 12.7. The van der Waals surface area contributed by atoms with Crippen LogP contribution in [-0.4, -0.2) is 40.1 Å². The number of nitro benzene ring substituents is 1. The highest BCUT2D eigenvalue weighted by Crippen LogP contribution is 2.34. The number of hydrogen-bond donors (Lipinski definition) is 0. The number of amides is 2. The molecule has 9 heteroatoms. The first kappa shape index (κ1) is 19.7. The van der Waals surface area contributed by atoms with Crippen LogP contribution >= 0.6 is 24.0 Å². The van der Waals surface area contributed by atoms with Gasteiger partial charge in [0.25, 0.3) is 17.5 Å². The Hall–Kier alpha value is -3.04. The van der Waals surface area contributed by atoms with Gasteiger partial charge in [-0.25, -0.2) is 4.90 Å². The number of benzene rings is 2. The van der Waals surface area contributed by atoms with E-state index < -0.39 is 16.7 Å². The largest absolute Gasteiger partial charge is 0.378 e. The third-order valence-corrected chi connectivity index (χ3v) is 5.33. The van der Waals surface area contributed by atoms with Gasteiger partial charge in [0, 0.05) is 37.5 Å². The Morgan fingerprint density at radius 3 is 2.29 bits per heavy atom. The van der Waals surface area contributed by atoms with Crippen LogP contribution in [0.3, 0.4) is 0 Å². The van der Waals surface area contributed by atoms with Crippen LogP contribution in [0.15, 0.2) is 53.4 Å². The molecular weight excluding hydrogens is 398 g/mol. The van der Waals surface area contributed by atoms with Crippen LogP contribution in [0.25, 0.3) is 6.08 Å². The summed E-state index contributed by atoms with van der Waals surface area (Å²) in [6.45, 7) is 0. The minimum atomic E-state index is -0.608. The molecule has 0 bridgehead atoms. The molecule has 0 atom stereocenters. The Bertz CT molecular complexity index is 999. The quantitative estimate of drug-likeness (QED) is 0.248. The summed E-state index contributed by atoms with van der Waals surface area (Å²) in [5.41, 5.74) is 1.86. The monoisotopic (exact) mass is 413 g/mol. The maximum Gasteiger partial charge on any atom is 0.273 e. The minimum absolute atomic E-state index is 0.129. The molecule has 0 radical (unpaired) electrons. The number of nitrogens with zero attached hydrogens (tertiary/aromatic N) is 3. The normalized spacial score (nSPS) is 15.2. The van der Waals surface area contributed by atoms with E-state index in [2.05, 4.69) is 0 Å². The lowest BCUT2D eigenvalue weighted by molar-refractivity contribution is -0.384. The van der Waals surface area contributed by atoms with E-state index in [0.29, 0.717) is 4.91 Å². The Morgan fingerprint density at radius 1 is 1.14 bits per heavy atom. The standard InChI is InChI=1S/C19H15N3O4S2/c1-20(2)14-7-3-12(4-8-14)11-16-18(24)21(19(27)28-16)17(23)13-5-9-15(10-6-13)22(25)26/h3-11H,1-2H3. The second-order valence-electron chi connectivity index (χ2n) is 6.11. The van der Waals surface area contributed by atoms with E-state index in [9.17, 15) is 19.7 Å². The summed E-state index contributed by atoms with van der Waals surface area (Å²) in [5, 5.41) is 10.7. The number of hydrogen-bond acceptors (Lipinski definition) is 7. The Labute approximate surface area is 170 Å². The van der Waals surface area contributed by atoms with E-state index in [0.717, 1.165) is 27.9 Å². The Balaban J connectivity index is 1.82. The van der Waals surface area contributed by atoms with Crippen molar-refractivity contribution in [1.82, 2.24) is 4.90 Å². The summed E-state index contributed by atoms with van der Waals surface area (Å²) in [4.78, 5) is 38.8. The number of anilines is 1. The van der Waals surface area contributed by atoms with E-state index in [1.165, 1.54) is 24.3 Å². The van der Waals surface area contributed by atoms with Crippen LogP contribution in [-0.2, 0) is 4.79 Å². The molecule has 2 aromatic rings. The number of thiocarbonyl (C=S) groups is 1. The molecule has 3 rings (SSSR count). The van der Waals surface area contributed by atoms with E-state index >= 15 is 0 Å². The van der Waals surface area contributed by atoms with Gasteiger partial charge in [-0.15, -0.1) is 0 Å². The molecule has 2 amide bonds.